The first-order valence-corrected chi connectivity index (χ1v) is 10.1. The second kappa shape index (κ2) is 14.0. The molecule has 8 nitrogen and oxygen atoms in total. The van der Waals surface area contributed by atoms with Gasteiger partial charge in [-0.25, -0.2) is 0 Å². The fraction of sp³-hybridized carbons (Fsp3) is 0.375. The van der Waals surface area contributed by atoms with E-state index in [-0.39, 0.29) is 18.4 Å². The summed E-state index contributed by atoms with van der Waals surface area (Å²) < 4.78 is 10.4. The predicted molar refractivity (Wildman–Crippen MR) is 110 cm³/mol. The van der Waals surface area contributed by atoms with Gasteiger partial charge in [0, 0.05) is 43.6 Å². The summed E-state index contributed by atoms with van der Waals surface area (Å²) in [6.45, 7) is 7.32. The Hall–Kier alpha value is -3.23. The maximum absolute atomic E-state index is 10.8. The minimum atomic E-state index is -1.21. The Kier molecular flexibility index (Phi) is 11.7. The minimum absolute atomic E-state index is 0.221. The largest absolute Gasteiger partial charge is 0.550 e. The third kappa shape index (κ3) is 9.72. The van der Waals surface area contributed by atoms with E-state index >= 15 is 0 Å². The van der Waals surface area contributed by atoms with Gasteiger partial charge in [0.1, 0.15) is 0 Å². The number of benzene rings is 2. The number of aromatic carboxylic acids is 1. The van der Waals surface area contributed by atoms with Crippen molar-refractivity contribution >= 4 is 17.9 Å². The van der Waals surface area contributed by atoms with Crippen LogP contribution in [0.1, 0.15) is 52.0 Å². The SMILES string of the molecule is CCOCc1c(C)cccc1C(=O)[O-].CCOCc1cc(CC(=O)[O-])cc(CC(=O)[O-])c1. The van der Waals surface area contributed by atoms with E-state index in [2.05, 4.69) is 0 Å². The summed E-state index contributed by atoms with van der Waals surface area (Å²) in [6, 6.07) is 9.98. The van der Waals surface area contributed by atoms with Crippen LogP contribution in [0.2, 0.25) is 0 Å². The standard InChI is InChI=1S/C13H16O5.C11H14O3/c1-2-18-8-11-4-9(6-12(14)15)3-10(5-11)7-13(16)17;1-3-14-7-10-8(2)5-4-6-9(10)11(12)13/h3-5H,2,6-8H2,1H3,(H,14,15)(H,16,17);4-6H,3,7H2,1-2H3,(H,12,13)/p-3. The number of hydrogen-bond acceptors (Lipinski definition) is 8. The Bertz CT molecular complexity index is 886. The highest BCUT2D eigenvalue weighted by Gasteiger charge is 2.06. The van der Waals surface area contributed by atoms with Gasteiger partial charge in [0.2, 0.25) is 0 Å². The van der Waals surface area contributed by atoms with Gasteiger partial charge >= 0.3 is 0 Å². The molecule has 0 aliphatic rings. The van der Waals surface area contributed by atoms with Crippen molar-refractivity contribution in [3.63, 3.8) is 0 Å². The van der Waals surface area contributed by atoms with Crippen LogP contribution < -0.4 is 15.3 Å². The molecule has 2 rings (SSSR count). The van der Waals surface area contributed by atoms with Crippen LogP contribution in [0.3, 0.4) is 0 Å². The average Bonchev–Trinajstić information content (AvgIpc) is 2.70. The zero-order chi connectivity index (χ0) is 24.1. The first-order valence-electron chi connectivity index (χ1n) is 10.1. The molecule has 0 saturated heterocycles. The Balaban J connectivity index is 0.000000330. The highest BCUT2D eigenvalue weighted by molar-refractivity contribution is 5.88. The zero-order valence-corrected chi connectivity index (χ0v) is 18.5. The average molecular weight is 443 g/mol. The molecule has 0 spiro atoms. The molecule has 32 heavy (non-hydrogen) atoms. The number of ether oxygens (including phenoxy) is 2. The summed E-state index contributed by atoms with van der Waals surface area (Å²) in [5.41, 5.74) is 3.59. The Morgan fingerprint density at radius 2 is 1.28 bits per heavy atom. The Labute approximate surface area is 187 Å². The molecule has 0 heterocycles. The van der Waals surface area contributed by atoms with E-state index in [0.717, 1.165) is 11.1 Å². The molecule has 0 radical (unpaired) electrons. The lowest BCUT2D eigenvalue weighted by Gasteiger charge is -2.12. The van der Waals surface area contributed by atoms with Crippen molar-refractivity contribution in [2.24, 2.45) is 0 Å². The van der Waals surface area contributed by atoms with Crippen molar-refractivity contribution in [1.29, 1.82) is 0 Å². The van der Waals surface area contributed by atoms with Gasteiger partial charge in [-0.15, -0.1) is 0 Å². The van der Waals surface area contributed by atoms with Gasteiger partial charge in [-0.2, -0.15) is 0 Å². The Morgan fingerprint density at radius 1 is 0.781 bits per heavy atom. The number of carbonyl (C=O) groups is 3. The van der Waals surface area contributed by atoms with Gasteiger partial charge < -0.3 is 39.2 Å². The van der Waals surface area contributed by atoms with Crippen molar-refractivity contribution in [2.75, 3.05) is 13.2 Å². The van der Waals surface area contributed by atoms with Crippen molar-refractivity contribution in [1.82, 2.24) is 0 Å². The van der Waals surface area contributed by atoms with Crippen LogP contribution in [-0.4, -0.2) is 31.1 Å². The maximum Gasteiger partial charge on any atom is 0.0725 e. The van der Waals surface area contributed by atoms with Crippen molar-refractivity contribution in [2.45, 2.75) is 46.8 Å². The van der Waals surface area contributed by atoms with Gasteiger partial charge in [-0.05, 0) is 48.6 Å². The number of aryl methyl sites for hydroxylation is 1. The molecule has 8 heteroatoms. The molecule has 0 N–H and O–H groups in total. The summed E-state index contributed by atoms with van der Waals surface area (Å²) in [6.07, 6.45) is -0.500. The smallest absolute Gasteiger partial charge is 0.0725 e. The summed E-state index contributed by atoms with van der Waals surface area (Å²) in [4.78, 5) is 31.9. The summed E-state index contributed by atoms with van der Waals surface area (Å²) in [5.74, 6) is -3.56. The highest BCUT2D eigenvalue weighted by atomic mass is 16.5. The molecule has 0 aliphatic carbocycles. The zero-order valence-electron chi connectivity index (χ0n) is 18.5. The van der Waals surface area contributed by atoms with E-state index in [1.165, 1.54) is 12.1 Å². The van der Waals surface area contributed by atoms with Gasteiger partial charge in [0.25, 0.3) is 0 Å². The molecule has 0 aromatic heterocycles. The second-order valence-corrected chi connectivity index (χ2v) is 6.92. The molecule has 0 atom stereocenters. The van der Waals surface area contributed by atoms with E-state index in [1.807, 2.05) is 26.8 Å². The van der Waals surface area contributed by atoms with Gasteiger partial charge in [-0.1, -0.05) is 36.4 Å². The fourth-order valence-corrected chi connectivity index (χ4v) is 2.97. The topological polar surface area (TPSA) is 139 Å². The molecular weight excluding hydrogens is 416 g/mol. The van der Waals surface area contributed by atoms with Gasteiger partial charge in [0.15, 0.2) is 0 Å². The number of aliphatic carboxylic acids is 2. The van der Waals surface area contributed by atoms with Crippen LogP contribution in [0.25, 0.3) is 0 Å². The highest BCUT2D eigenvalue weighted by Crippen LogP contribution is 2.15. The second-order valence-electron chi connectivity index (χ2n) is 6.92. The molecule has 0 amide bonds. The first-order chi connectivity index (χ1) is 15.2. The van der Waals surface area contributed by atoms with Crippen molar-refractivity contribution in [3.8, 4) is 0 Å². The molecule has 0 saturated carbocycles. The molecule has 0 aliphatic heterocycles. The molecule has 0 bridgehead atoms. The van der Waals surface area contributed by atoms with E-state index < -0.39 is 17.9 Å². The lowest BCUT2D eigenvalue weighted by atomic mass is 10.0. The van der Waals surface area contributed by atoms with E-state index in [0.29, 0.717) is 43.1 Å². The van der Waals surface area contributed by atoms with Crippen molar-refractivity contribution < 1.29 is 39.2 Å². The van der Waals surface area contributed by atoms with E-state index in [9.17, 15) is 29.7 Å². The van der Waals surface area contributed by atoms with Gasteiger partial charge in [-0.3, -0.25) is 0 Å². The summed E-state index contributed by atoms with van der Waals surface area (Å²) in [7, 11) is 0. The lowest BCUT2D eigenvalue weighted by Crippen LogP contribution is -2.25. The third-order valence-corrected chi connectivity index (χ3v) is 4.36. The number of rotatable bonds is 11. The molecule has 2 aromatic rings. The van der Waals surface area contributed by atoms with Gasteiger partial charge in [0.05, 0.1) is 19.2 Å². The number of carboxylic acids is 3. The monoisotopic (exact) mass is 443 g/mol. The molecule has 174 valence electrons. The van der Waals surface area contributed by atoms with E-state index in [4.69, 9.17) is 9.47 Å². The molecular formula is C24H27O8-3. The number of carboxylic acid groups (broad SMARTS) is 3. The van der Waals surface area contributed by atoms with Crippen molar-refractivity contribution in [3.05, 3.63) is 69.8 Å². The third-order valence-electron chi connectivity index (χ3n) is 4.36. The quantitative estimate of drug-likeness (QED) is 0.461. The van der Waals surface area contributed by atoms with Crippen LogP contribution in [0.4, 0.5) is 0 Å². The number of hydrogen-bond donors (Lipinski definition) is 0. The van der Waals surface area contributed by atoms with Crippen LogP contribution in [-0.2, 0) is 45.1 Å². The fourth-order valence-electron chi connectivity index (χ4n) is 2.97. The Morgan fingerprint density at radius 3 is 1.75 bits per heavy atom. The number of carbonyl (C=O) groups excluding carboxylic acids is 3. The predicted octanol–water partition coefficient (Wildman–Crippen LogP) is -0.297. The molecule has 2 aromatic carbocycles. The molecule has 0 unspecified atom stereocenters. The van der Waals surface area contributed by atoms with E-state index in [1.54, 1.807) is 18.2 Å². The first kappa shape index (κ1) is 26.8. The van der Waals surface area contributed by atoms with Crippen LogP contribution in [0.5, 0.6) is 0 Å². The minimum Gasteiger partial charge on any atom is -0.550 e. The lowest BCUT2D eigenvalue weighted by molar-refractivity contribution is -0.305. The summed E-state index contributed by atoms with van der Waals surface area (Å²) in [5, 5.41) is 31.9. The molecule has 0 fully saturated rings. The summed E-state index contributed by atoms with van der Waals surface area (Å²) >= 11 is 0. The normalized spacial score (nSPS) is 10.2. The van der Waals surface area contributed by atoms with Crippen LogP contribution >= 0.6 is 0 Å². The van der Waals surface area contributed by atoms with Crippen LogP contribution in [0.15, 0.2) is 36.4 Å². The maximum atomic E-state index is 10.8. The van der Waals surface area contributed by atoms with Crippen LogP contribution in [0, 0.1) is 6.92 Å².